The molecule has 0 amide bonds. The Hall–Kier alpha value is -1.20. The van der Waals surface area contributed by atoms with Gasteiger partial charge in [0, 0.05) is 0 Å². The lowest BCUT2D eigenvalue weighted by molar-refractivity contribution is 0.429. The molecular weight excluding hydrogens is 248 g/mol. The molecule has 0 bridgehead atoms. The number of aryl methyl sites for hydroxylation is 2. The molecule has 0 aliphatic heterocycles. The largest absolute Gasteiger partial charge is 0.464 e. The first-order chi connectivity index (χ1) is 8.69. The van der Waals surface area contributed by atoms with Crippen molar-refractivity contribution in [1.82, 2.24) is 10.3 Å². The van der Waals surface area contributed by atoms with Gasteiger partial charge in [-0.2, -0.15) is 0 Å². The van der Waals surface area contributed by atoms with Crippen LogP contribution in [-0.2, 0) is 12.3 Å². The number of furan rings is 1. The molecular formula is C13H18N2O2S. The van der Waals surface area contributed by atoms with Crippen LogP contribution in [0, 0.1) is 13.8 Å². The minimum absolute atomic E-state index is 0.703. The molecule has 2 aromatic heterocycles. The second-order valence-corrected chi connectivity index (χ2v) is 4.98. The number of oxazole rings is 1. The Bertz CT molecular complexity index is 485. The van der Waals surface area contributed by atoms with Gasteiger partial charge >= 0.3 is 0 Å². The van der Waals surface area contributed by atoms with Gasteiger partial charge in [-0.25, -0.2) is 4.98 Å². The Kier molecular flexibility index (Phi) is 4.49. The van der Waals surface area contributed by atoms with E-state index in [0.29, 0.717) is 5.22 Å². The molecule has 0 saturated carbocycles. The normalized spacial score (nSPS) is 11.1. The predicted octanol–water partition coefficient (Wildman–Crippen LogP) is 3.29. The quantitative estimate of drug-likeness (QED) is 0.813. The van der Waals surface area contributed by atoms with Gasteiger partial charge in [0.2, 0.25) is 0 Å². The van der Waals surface area contributed by atoms with Crippen molar-refractivity contribution in [3.8, 4) is 0 Å². The van der Waals surface area contributed by atoms with Crippen molar-refractivity contribution in [2.45, 2.75) is 38.3 Å². The number of aromatic nitrogens is 1. The van der Waals surface area contributed by atoms with Crippen molar-refractivity contribution in [3.05, 3.63) is 35.1 Å². The molecule has 0 aromatic carbocycles. The zero-order chi connectivity index (χ0) is 13.0. The van der Waals surface area contributed by atoms with Gasteiger partial charge in [-0.3, -0.25) is 0 Å². The third-order valence-corrected chi connectivity index (χ3v) is 3.46. The summed E-state index contributed by atoms with van der Waals surface area (Å²) >= 11 is 1.55. The molecule has 0 fully saturated rings. The monoisotopic (exact) mass is 266 g/mol. The highest BCUT2D eigenvalue weighted by atomic mass is 32.2. The smallest absolute Gasteiger partial charge is 0.256 e. The Morgan fingerprint density at radius 1 is 1.22 bits per heavy atom. The standard InChI is InChI=1S/C13H18N2O2S/c1-4-14-7-11-5-6-12(17-11)8-18-13-15-9(2)10(3)16-13/h5-6,14H,4,7-8H2,1-3H3. The zero-order valence-corrected chi connectivity index (χ0v) is 11.8. The number of thioether (sulfide) groups is 1. The summed E-state index contributed by atoms with van der Waals surface area (Å²) < 4.78 is 11.2. The van der Waals surface area contributed by atoms with Crippen LogP contribution in [0.25, 0.3) is 0 Å². The van der Waals surface area contributed by atoms with Gasteiger partial charge in [-0.15, -0.1) is 0 Å². The second-order valence-electron chi connectivity index (χ2n) is 4.06. The van der Waals surface area contributed by atoms with Crippen LogP contribution in [0.1, 0.15) is 29.9 Å². The van der Waals surface area contributed by atoms with E-state index in [2.05, 4.69) is 17.2 Å². The number of nitrogens with one attached hydrogen (secondary N) is 1. The first kappa shape index (κ1) is 13.2. The molecule has 98 valence electrons. The van der Waals surface area contributed by atoms with E-state index in [1.165, 1.54) is 0 Å². The molecule has 1 N–H and O–H groups in total. The van der Waals surface area contributed by atoms with Crippen LogP contribution in [0.2, 0.25) is 0 Å². The van der Waals surface area contributed by atoms with E-state index in [0.717, 1.165) is 41.8 Å². The van der Waals surface area contributed by atoms with Gasteiger partial charge in [-0.05, 0) is 32.5 Å². The van der Waals surface area contributed by atoms with E-state index in [-0.39, 0.29) is 0 Å². The van der Waals surface area contributed by atoms with E-state index in [4.69, 9.17) is 8.83 Å². The lowest BCUT2D eigenvalue weighted by Crippen LogP contribution is -2.10. The maximum atomic E-state index is 5.69. The maximum Gasteiger partial charge on any atom is 0.256 e. The van der Waals surface area contributed by atoms with Gasteiger partial charge in [0.15, 0.2) is 0 Å². The minimum Gasteiger partial charge on any atom is -0.464 e. The summed E-state index contributed by atoms with van der Waals surface area (Å²) in [5.41, 5.74) is 0.949. The third-order valence-electron chi connectivity index (χ3n) is 2.61. The van der Waals surface area contributed by atoms with E-state index in [1.807, 2.05) is 26.0 Å². The van der Waals surface area contributed by atoms with Crippen molar-refractivity contribution < 1.29 is 8.83 Å². The van der Waals surface area contributed by atoms with Gasteiger partial charge in [0.1, 0.15) is 17.3 Å². The van der Waals surface area contributed by atoms with E-state index in [1.54, 1.807) is 11.8 Å². The van der Waals surface area contributed by atoms with E-state index in [9.17, 15) is 0 Å². The topological polar surface area (TPSA) is 51.2 Å². The molecule has 0 radical (unpaired) electrons. The van der Waals surface area contributed by atoms with Crippen LogP contribution < -0.4 is 5.32 Å². The molecule has 5 heteroatoms. The van der Waals surface area contributed by atoms with Crippen LogP contribution >= 0.6 is 11.8 Å². The van der Waals surface area contributed by atoms with Crippen molar-refractivity contribution in [3.63, 3.8) is 0 Å². The second kappa shape index (κ2) is 6.11. The van der Waals surface area contributed by atoms with Crippen molar-refractivity contribution in [2.75, 3.05) is 6.54 Å². The van der Waals surface area contributed by atoms with Crippen molar-refractivity contribution in [1.29, 1.82) is 0 Å². The van der Waals surface area contributed by atoms with E-state index < -0.39 is 0 Å². The molecule has 0 atom stereocenters. The van der Waals surface area contributed by atoms with Crippen molar-refractivity contribution in [2.24, 2.45) is 0 Å². The summed E-state index contributed by atoms with van der Waals surface area (Å²) in [6, 6.07) is 4.01. The van der Waals surface area contributed by atoms with Crippen LogP contribution in [0.15, 0.2) is 26.2 Å². The molecule has 2 rings (SSSR count). The fourth-order valence-corrected chi connectivity index (χ4v) is 2.29. The molecule has 0 saturated heterocycles. The summed E-state index contributed by atoms with van der Waals surface area (Å²) in [5.74, 6) is 3.53. The highest BCUT2D eigenvalue weighted by Crippen LogP contribution is 2.24. The fourth-order valence-electron chi connectivity index (χ4n) is 1.48. The SMILES string of the molecule is CCNCc1ccc(CSc2nc(C)c(C)o2)o1. The molecule has 2 aromatic rings. The number of nitrogens with zero attached hydrogens (tertiary/aromatic N) is 1. The summed E-state index contributed by atoms with van der Waals surface area (Å²) in [4.78, 5) is 4.32. The average molecular weight is 266 g/mol. The van der Waals surface area contributed by atoms with E-state index >= 15 is 0 Å². The third kappa shape index (κ3) is 3.40. The lowest BCUT2D eigenvalue weighted by atomic mass is 10.4. The van der Waals surface area contributed by atoms with Gasteiger partial charge < -0.3 is 14.2 Å². The van der Waals surface area contributed by atoms with Crippen LogP contribution in [0.3, 0.4) is 0 Å². The van der Waals surface area contributed by atoms with Crippen LogP contribution in [0.4, 0.5) is 0 Å². The first-order valence-electron chi connectivity index (χ1n) is 6.04. The first-order valence-corrected chi connectivity index (χ1v) is 7.02. The molecule has 0 aliphatic rings. The van der Waals surface area contributed by atoms with Gasteiger partial charge in [0.25, 0.3) is 5.22 Å². The summed E-state index contributed by atoms with van der Waals surface area (Å²) in [6.07, 6.45) is 0. The Morgan fingerprint density at radius 2 is 2.00 bits per heavy atom. The maximum absolute atomic E-state index is 5.69. The number of rotatable bonds is 6. The molecule has 18 heavy (non-hydrogen) atoms. The molecule has 2 heterocycles. The lowest BCUT2D eigenvalue weighted by Gasteiger charge is -1.97. The Balaban J connectivity index is 1.88. The van der Waals surface area contributed by atoms with Crippen LogP contribution in [0.5, 0.6) is 0 Å². The van der Waals surface area contributed by atoms with Gasteiger partial charge in [0.05, 0.1) is 18.0 Å². The highest BCUT2D eigenvalue weighted by Gasteiger charge is 2.08. The molecule has 0 unspecified atom stereocenters. The fraction of sp³-hybridized carbons (Fsp3) is 0.462. The average Bonchev–Trinajstić information content (AvgIpc) is 2.92. The summed E-state index contributed by atoms with van der Waals surface area (Å²) in [6.45, 7) is 7.67. The molecule has 0 aliphatic carbocycles. The number of hydrogen-bond donors (Lipinski definition) is 1. The summed E-state index contributed by atoms with van der Waals surface area (Å²) in [7, 11) is 0. The Labute approximate surface area is 111 Å². The minimum atomic E-state index is 0.703. The molecule has 0 spiro atoms. The zero-order valence-electron chi connectivity index (χ0n) is 10.9. The molecule has 4 nitrogen and oxygen atoms in total. The van der Waals surface area contributed by atoms with Crippen molar-refractivity contribution >= 4 is 11.8 Å². The number of hydrogen-bond acceptors (Lipinski definition) is 5. The van der Waals surface area contributed by atoms with Crippen LogP contribution in [-0.4, -0.2) is 11.5 Å². The predicted molar refractivity (Wildman–Crippen MR) is 71.6 cm³/mol. The van der Waals surface area contributed by atoms with Gasteiger partial charge in [-0.1, -0.05) is 18.7 Å². The Morgan fingerprint density at radius 3 is 2.67 bits per heavy atom. The highest BCUT2D eigenvalue weighted by molar-refractivity contribution is 7.98. The summed E-state index contributed by atoms with van der Waals surface area (Å²) in [5, 5.41) is 3.93.